The van der Waals surface area contributed by atoms with E-state index >= 15 is 0 Å². The van der Waals surface area contributed by atoms with Gasteiger partial charge in [0.25, 0.3) is 0 Å². The fourth-order valence-electron chi connectivity index (χ4n) is 1.58. The number of benzene rings is 1. The summed E-state index contributed by atoms with van der Waals surface area (Å²) in [7, 11) is 0. The molecule has 1 N–H and O–H groups in total. The Labute approximate surface area is 108 Å². The zero-order valence-corrected chi connectivity index (χ0v) is 10.3. The van der Waals surface area contributed by atoms with E-state index in [9.17, 15) is 13.2 Å². The van der Waals surface area contributed by atoms with Gasteiger partial charge in [0.1, 0.15) is 0 Å². The summed E-state index contributed by atoms with van der Waals surface area (Å²) in [6.45, 7) is 3.24. The highest BCUT2D eigenvalue weighted by molar-refractivity contribution is 5.56. The van der Waals surface area contributed by atoms with Gasteiger partial charge in [0.15, 0.2) is 5.76 Å². The summed E-state index contributed by atoms with van der Waals surface area (Å²) in [6, 6.07) is 4.81. The Hall–Kier alpha value is -1.82. The van der Waals surface area contributed by atoms with Gasteiger partial charge in [-0.25, -0.2) is 4.98 Å². The molecule has 0 fully saturated rings. The molecule has 2 aromatic rings. The topological polar surface area (TPSA) is 38.1 Å². The lowest BCUT2D eigenvalue weighted by Gasteiger charge is -2.06. The average molecular weight is 270 g/mol. The van der Waals surface area contributed by atoms with Crippen molar-refractivity contribution in [1.29, 1.82) is 0 Å². The largest absolute Gasteiger partial charge is 0.439 e. The van der Waals surface area contributed by atoms with Gasteiger partial charge in [-0.05, 0) is 18.7 Å². The van der Waals surface area contributed by atoms with Crippen molar-refractivity contribution in [2.75, 3.05) is 6.54 Å². The summed E-state index contributed by atoms with van der Waals surface area (Å²) in [5.41, 5.74) is -0.105. The molecule has 3 nitrogen and oxygen atoms in total. The number of hydrogen-bond donors (Lipinski definition) is 1. The fourth-order valence-corrected chi connectivity index (χ4v) is 1.58. The van der Waals surface area contributed by atoms with Crippen LogP contribution in [0.1, 0.15) is 18.4 Å². The molecule has 1 aromatic heterocycles. The van der Waals surface area contributed by atoms with Crippen LogP contribution in [0.2, 0.25) is 0 Å². The summed E-state index contributed by atoms with van der Waals surface area (Å²) >= 11 is 0. The van der Waals surface area contributed by atoms with Gasteiger partial charge in [-0.3, -0.25) is 0 Å². The number of rotatable bonds is 4. The van der Waals surface area contributed by atoms with Crippen molar-refractivity contribution in [3.05, 3.63) is 41.9 Å². The minimum absolute atomic E-state index is 0.460. The van der Waals surface area contributed by atoms with Crippen molar-refractivity contribution in [3.8, 4) is 11.3 Å². The van der Waals surface area contributed by atoms with Crippen molar-refractivity contribution in [2.24, 2.45) is 0 Å². The van der Waals surface area contributed by atoms with E-state index in [4.69, 9.17) is 4.42 Å². The average Bonchev–Trinajstić information content (AvgIpc) is 2.84. The van der Waals surface area contributed by atoms with Crippen molar-refractivity contribution >= 4 is 0 Å². The molecule has 19 heavy (non-hydrogen) atoms. The number of nitrogens with one attached hydrogen (secondary N) is 1. The van der Waals surface area contributed by atoms with Crippen LogP contribution in [0.3, 0.4) is 0 Å². The zero-order chi connectivity index (χ0) is 13.9. The molecule has 0 aliphatic rings. The normalized spacial score (nSPS) is 11.8. The maximum Gasteiger partial charge on any atom is 0.416 e. The van der Waals surface area contributed by atoms with E-state index < -0.39 is 11.7 Å². The van der Waals surface area contributed by atoms with E-state index in [2.05, 4.69) is 10.3 Å². The van der Waals surface area contributed by atoms with Crippen molar-refractivity contribution in [2.45, 2.75) is 19.6 Å². The summed E-state index contributed by atoms with van der Waals surface area (Å²) in [6.07, 6.45) is -2.81. The van der Waals surface area contributed by atoms with Crippen molar-refractivity contribution < 1.29 is 17.6 Å². The van der Waals surface area contributed by atoms with Crippen LogP contribution < -0.4 is 5.32 Å². The molecule has 0 spiro atoms. The molecule has 0 bridgehead atoms. The molecule has 102 valence electrons. The van der Waals surface area contributed by atoms with Gasteiger partial charge in [0.2, 0.25) is 5.89 Å². The molecule has 1 heterocycles. The molecule has 0 radical (unpaired) electrons. The lowest BCUT2D eigenvalue weighted by atomic mass is 10.1. The minimum Gasteiger partial charge on any atom is -0.439 e. The second kappa shape index (κ2) is 5.44. The standard InChI is InChI=1S/C13H13F3N2O/c1-2-17-8-12-18-7-11(19-12)9-3-5-10(6-4-9)13(14,15)16/h3-7,17H,2,8H2,1H3. The lowest BCUT2D eigenvalue weighted by molar-refractivity contribution is -0.137. The molecule has 0 aliphatic carbocycles. The van der Waals surface area contributed by atoms with E-state index in [1.54, 1.807) is 0 Å². The van der Waals surface area contributed by atoms with E-state index in [0.29, 0.717) is 23.8 Å². The first-order valence-electron chi connectivity index (χ1n) is 5.83. The molecule has 0 unspecified atom stereocenters. The van der Waals surface area contributed by atoms with E-state index in [1.165, 1.54) is 18.3 Å². The second-order valence-corrected chi connectivity index (χ2v) is 3.97. The van der Waals surface area contributed by atoms with Crippen LogP contribution in [0.15, 0.2) is 34.9 Å². The summed E-state index contributed by atoms with van der Waals surface area (Å²) < 4.78 is 42.7. The van der Waals surface area contributed by atoms with Gasteiger partial charge in [-0.2, -0.15) is 13.2 Å². The molecule has 0 aliphatic heterocycles. The summed E-state index contributed by atoms with van der Waals surface area (Å²) in [5, 5.41) is 3.05. The Morgan fingerprint density at radius 2 is 1.89 bits per heavy atom. The number of alkyl halides is 3. The van der Waals surface area contributed by atoms with Crippen LogP contribution in [0.5, 0.6) is 0 Å². The number of aromatic nitrogens is 1. The van der Waals surface area contributed by atoms with Crippen LogP contribution in [0.4, 0.5) is 13.2 Å². The van der Waals surface area contributed by atoms with Crippen LogP contribution in [-0.4, -0.2) is 11.5 Å². The number of oxazole rings is 1. The Morgan fingerprint density at radius 3 is 2.47 bits per heavy atom. The second-order valence-electron chi connectivity index (χ2n) is 3.97. The number of hydrogen-bond acceptors (Lipinski definition) is 3. The zero-order valence-electron chi connectivity index (χ0n) is 10.3. The molecule has 0 saturated carbocycles. The third-order valence-electron chi connectivity index (χ3n) is 2.58. The van der Waals surface area contributed by atoms with Crippen LogP contribution in [0.25, 0.3) is 11.3 Å². The Kier molecular flexibility index (Phi) is 3.90. The van der Waals surface area contributed by atoms with E-state index in [0.717, 1.165) is 18.7 Å². The fraction of sp³-hybridized carbons (Fsp3) is 0.308. The highest BCUT2D eigenvalue weighted by Crippen LogP contribution is 2.31. The SMILES string of the molecule is CCNCc1ncc(-c2ccc(C(F)(F)F)cc2)o1. The third kappa shape index (κ3) is 3.35. The monoisotopic (exact) mass is 270 g/mol. The quantitative estimate of drug-likeness (QED) is 0.924. The third-order valence-corrected chi connectivity index (χ3v) is 2.58. The molecule has 1 aromatic carbocycles. The molecule has 0 amide bonds. The first kappa shape index (κ1) is 13.6. The van der Waals surface area contributed by atoms with Crippen LogP contribution >= 0.6 is 0 Å². The minimum atomic E-state index is -4.32. The van der Waals surface area contributed by atoms with Gasteiger partial charge < -0.3 is 9.73 Å². The lowest BCUT2D eigenvalue weighted by Crippen LogP contribution is -2.11. The number of nitrogens with zero attached hydrogens (tertiary/aromatic N) is 1. The molecular formula is C13H13F3N2O. The maximum atomic E-state index is 12.4. The molecule has 0 saturated heterocycles. The predicted molar refractivity (Wildman–Crippen MR) is 64.3 cm³/mol. The summed E-state index contributed by atoms with van der Waals surface area (Å²) in [4.78, 5) is 4.05. The van der Waals surface area contributed by atoms with Gasteiger partial charge in [-0.15, -0.1) is 0 Å². The smallest absolute Gasteiger partial charge is 0.416 e. The van der Waals surface area contributed by atoms with Crippen molar-refractivity contribution in [1.82, 2.24) is 10.3 Å². The van der Waals surface area contributed by atoms with E-state index in [1.807, 2.05) is 6.92 Å². The molecule has 6 heteroatoms. The van der Waals surface area contributed by atoms with E-state index in [-0.39, 0.29) is 0 Å². The Morgan fingerprint density at radius 1 is 1.21 bits per heavy atom. The first-order chi connectivity index (χ1) is 9.00. The Balaban J connectivity index is 2.16. The Bertz CT molecular complexity index is 532. The number of halogens is 3. The van der Waals surface area contributed by atoms with Crippen molar-refractivity contribution in [3.63, 3.8) is 0 Å². The van der Waals surface area contributed by atoms with Gasteiger partial charge in [-0.1, -0.05) is 19.1 Å². The first-order valence-corrected chi connectivity index (χ1v) is 5.83. The summed E-state index contributed by atoms with van der Waals surface area (Å²) in [5.74, 6) is 0.971. The molecule has 0 atom stereocenters. The van der Waals surface area contributed by atoms with Gasteiger partial charge >= 0.3 is 6.18 Å². The predicted octanol–water partition coefficient (Wildman–Crippen LogP) is 3.47. The highest BCUT2D eigenvalue weighted by atomic mass is 19.4. The van der Waals surface area contributed by atoms with Crippen LogP contribution in [-0.2, 0) is 12.7 Å². The molecular weight excluding hydrogens is 257 g/mol. The van der Waals surface area contributed by atoms with Crippen LogP contribution in [0, 0.1) is 0 Å². The maximum absolute atomic E-state index is 12.4. The highest BCUT2D eigenvalue weighted by Gasteiger charge is 2.30. The molecule has 2 rings (SSSR count). The van der Waals surface area contributed by atoms with Gasteiger partial charge in [0, 0.05) is 5.56 Å². The van der Waals surface area contributed by atoms with Gasteiger partial charge in [0.05, 0.1) is 18.3 Å².